The van der Waals surface area contributed by atoms with Gasteiger partial charge in [-0.2, -0.15) is 0 Å². The standard InChI is InChI=1S/C10H14N2O5S2/c1-18(15)6-5-11-9-4-3-8(19(2,16)17)7-10(9)12(13)14/h3-4,7,11H,5-6H2,1-2H3. The molecule has 0 bridgehead atoms. The van der Waals surface area contributed by atoms with Crippen molar-refractivity contribution in [2.45, 2.75) is 4.90 Å². The number of rotatable bonds is 6. The van der Waals surface area contributed by atoms with Crippen LogP contribution >= 0.6 is 0 Å². The number of nitro benzene ring substituents is 1. The van der Waals surface area contributed by atoms with E-state index in [1.807, 2.05) is 0 Å². The van der Waals surface area contributed by atoms with Gasteiger partial charge in [0.05, 0.1) is 9.82 Å². The highest BCUT2D eigenvalue weighted by molar-refractivity contribution is 7.90. The van der Waals surface area contributed by atoms with Gasteiger partial charge in [0, 0.05) is 41.7 Å². The molecule has 0 radical (unpaired) electrons. The van der Waals surface area contributed by atoms with Gasteiger partial charge in [-0.25, -0.2) is 8.42 Å². The predicted octanol–water partition coefficient (Wildman–Crippen LogP) is 0.789. The summed E-state index contributed by atoms with van der Waals surface area (Å²) in [4.78, 5) is 10.1. The molecule has 1 aromatic rings. The Labute approximate surface area is 113 Å². The molecule has 0 saturated carbocycles. The molecule has 1 unspecified atom stereocenters. The second kappa shape index (κ2) is 6.11. The van der Waals surface area contributed by atoms with Gasteiger partial charge in [0.15, 0.2) is 9.84 Å². The summed E-state index contributed by atoms with van der Waals surface area (Å²) in [5, 5.41) is 13.7. The van der Waals surface area contributed by atoms with Crippen molar-refractivity contribution in [1.29, 1.82) is 0 Å². The van der Waals surface area contributed by atoms with Crippen molar-refractivity contribution in [3.63, 3.8) is 0 Å². The molecule has 0 aliphatic heterocycles. The van der Waals surface area contributed by atoms with Crippen LogP contribution in [0.2, 0.25) is 0 Å². The normalized spacial score (nSPS) is 12.9. The fraction of sp³-hybridized carbons (Fsp3) is 0.400. The molecule has 1 N–H and O–H groups in total. The maximum atomic E-state index is 11.3. The highest BCUT2D eigenvalue weighted by Gasteiger charge is 2.18. The van der Waals surface area contributed by atoms with Gasteiger partial charge in [-0.1, -0.05) is 0 Å². The zero-order valence-electron chi connectivity index (χ0n) is 10.5. The molecule has 0 aliphatic rings. The second-order valence-electron chi connectivity index (χ2n) is 3.91. The first kappa shape index (κ1) is 15.6. The summed E-state index contributed by atoms with van der Waals surface area (Å²) in [5.74, 6) is 0.352. The van der Waals surface area contributed by atoms with E-state index in [2.05, 4.69) is 5.32 Å². The summed E-state index contributed by atoms with van der Waals surface area (Å²) in [6.45, 7) is 0.308. The maximum absolute atomic E-state index is 11.3. The first-order valence-electron chi connectivity index (χ1n) is 5.24. The van der Waals surface area contributed by atoms with Gasteiger partial charge < -0.3 is 5.32 Å². The minimum atomic E-state index is -3.49. The van der Waals surface area contributed by atoms with Crippen LogP contribution in [0, 0.1) is 10.1 Å². The van der Waals surface area contributed by atoms with E-state index >= 15 is 0 Å². The lowest BCUT2D eigenvalue weighted by atomic mass is 10.2. The lowest BCUT2D eigenvalue weighted by Crippen LogP contribution is -2.11. The fourth-order valence-electron chi connectivity index (χ4n) is 1.37. The zero-order chi connectivity index (χ0) is 14.6. The van der Waals surface area contributed by atoms with Gasteiger partial charge in [-0.05, 0) is 12.1 Å². The van der Waals surface area contributed by atoms with E-state index in [1.54, 1.807) is 0 Å². The predicted molar refractivity (Wildman–Crippen MR) is 73.6 cm³/mol. The molecule has 1 aromatic carbocycles. The summed E-state index contributed by atoms with van der Waals surface area (Å²) < 4.78 is 33.6. The van der Waals surface area contributed by atoms with E-state index in [-0.39, 0.29) is 16.3 Å². The van der Waals surface area contributed by atoms with Crippen LogP contribution in [0.25, 0.3) is 0 Å². The largest absolute Gasteiger partial charge is 0.379 e. The molecule has 0 saturated heterocycles. The van der Waals surface area contributed by atoms with E-state index in [9.17, 15) is 22.7 Å². The molecule has 0 fully saturated rings. The average molecular weight is 306 g/mol. The Bertz CT molecular complexity index is 612. The third kappa shape index (κ3) is 4.60. The Morgan fingerprint density at radius 2 is 2.05 bits per heavy atom. The minimum Gasteiger partial charge on any atom is -0.379 e. The van der Waals surface area contributed by atoms with Crippen LogP contribution in [0.5, 0.6) is 0 Å². The van der Waals surface area contributed by atoms with E-state index < -0.39 is 25.6 Å². The van der Waals surface area contributed by atoms with Crippen LogP contribution in [-0.4, -0.2) is 42.4 Å². The van der Waals surface area contributed by atoms with Crippen LogP contribution < -0.4 is 5.32 Å². The van der Waals surface area contributed by atoms with Gasteiger partial charge in [-0.3, -0.25) is 14.3 Å². The smallest absolute Gasteiger partial charge is 0.293 e. The van der Waals surface area contributed by atoms with Crippen molar-refractivity contribution in [3.8, 4) is 0 Å². The molecule has 0 aliphatic carbocycles. The maximum Gasteiger partial charge on any atom is 0.293 e. The Morgan fingerprint density at radius 1 is 1.42 bits per heavy atom. The third-order valence-corrected chi connectivity index (χ3v) is 4.19. The summed E-state index contributed by atoms with van der Waals surface area (Å²) >= 11 is 0. The van der Waals surface area contributed by atoms with E-state index in [0.29, 0.717) is 12.3 Å². The topological polar surface area (TPSA) is 106 Å². The zero-order valence-corrected chi connectivity index (χ0v) is 12.1. The second-order valence-corrected chi connectivity index (χ2v) is 7.48. The van der Waals surface area contributed by atoms with E-state index in [1.165, 1.54) is 18.4 Å². The number of sulfone groups is 1. The Kier molecular flexibility index (Phi) is 5.01. The van der Waals surface area contributed by atoms with Gasteiger partial charge >= 0.3 is 0 Å². The lowest BCUT2D eigenvalue weighted by Gasteiger charge is -2.07. The molecule has 0 aromatic heterocycles. The molecular weight excluding hydrogens is 292 g/mol. The van der Waals surface area contributed by atoms with Crippen molar-refractivity contribution >= 4 is 32.0 Å². The highest BCUT2D eigenvalue weighted by Crippen LogP contribution is 2.27. The van der Waals surface area contributed by atoms with Crippen molar-refractivity contribution < 1.29 is 17.6 Å². The molecule has 0 spiro atoms. The van der Waals surface area contributed by atoms with E-state index in [4.69, 9.17) is 0 Å². The number of nitro groups is 1. The highest BCUT2D eigenvalue weighted by atomic mass is 32.2. The van der Waals surface area contributed by atoms with Crippen LogP contribution in [0.1, 0.15) is 0 Å². The number of nitrogens with one attached hydrogen (secondary N) is 1. The molecule has 106 valence electrons. The molecule has 0 heterocycles. The average Bonchev–Trinajstić information content (AvgIpc) is 2.27. The fourth-order valence-corrected chi connectivity index (χ4v) is 2.40. The lowest BCUT2D eigenvalue weighted by molar-refractivity contribution is -0.384. The van der Waals surface area contributed by atoms with Crippen LogP contribution in [0.3, 0.4) is 0 Å². The Morgan fingerprint density at radius 3 is 2.53 bits per heavy atom. The quantitative estimate of drug-likeness (QED) is 0.615. The Balaban J connectivity index is 3.06. The van der Waals surface area contributed by atoms with Crippen molar-refractivity contribution in [2.24, 2.45) is 0 Å². The number of nitrogens with zero attached hydrogens (tertiary/aromatic N) is 1. The first-order chi connectivity index (χ1) is 8.71. The Hall–Kier alpha value is -1.48. The van der Waals surface area contributed by atoms with Crippen LogP contribution in [0.15, 0.2) is 23.1 Å². The van der Waals surface area contributed by atoms with E-state index in [0.717, 1.165) is 12.3 Å². The van der Waals surface area contributed by atoms with Crippen molar-refractivity contribution in [1.82, 2.24) is 0 Å². The molecule has 9 heteroatoms. The molecule has 1 atom stereocenters. The summed E-state index contributed by atoms with van der Waals surface area (Å²) in [5.41, 5.74) is -0.104. The minimum absolute atomic E-state index is 0.108. The summed E-state index contributed by atoms with van der Waals surface area (Å²) in [6, 6.07) is 3.65. The summed E-state index contributed by atoms with van der Waals surface area (Å²) in [6.07, 6.45) is 2.52. The number of benzene rings is 1. The molecule has 19 heavy (non-hydrogen) atoms. The number of anilines is 1. The van der Waals surface area contributed by atoms with Gasteiger partial charge in [0.2, 0.25) is 0 Å². The number of hydrogen-bond acceptors (Lipinski definition) is 6. The van der Waals surface area contributed by atoms with Crippen LogP contribution in [-0.2, 0) is 20.6 Å². The summed E-state index contributed by atoms with van der Waals surface area (Å²) in [7, 11) is -4.49. The van der Waals surface area contributed by atoms with Gasteiger partial charge in [0.1, 0.15) is 5.69 Å². The molecular formula is C10H14N2O5S2. The van der Waals surface area contributed by atoms with Gasteiger partial charge in [0.25, 0.3) is 5.69 Å². The molecule has 7 nitrogen and oxygen atoms in total. The van der Waals surface area contributed by atoms with Crippen molar-refractivity contribution in [3.05, 3.63) is 28.3 Å². The van der Waals surface area contributed by atoms with Crippen molar-refractivity contribution in [2.75, 3.05) is 30.1 Å². The third-order valence-electron chi connectivity index (χ3n) is 2.30. The van der Waals surface area contributed by atoms with Crippen LogP contribution in [0.4, 0.5) is 11.4 Å². The SMILES string of the molecule is CS(=O)CCNc1ccc(S(C)(=O)=O)cc1[N+](=O)[O-]. The molecule has 1 rings (SSSR count). The van der Waals surface area contributed by atoms with Gasteiger partial charge in [-0.15, -0.1) is 0 Å². The first-order valence-corrected chi connectivity index (χ1v) is 8.86. The number of hydrogen-bond donors (Lipinski definition) is 1. The molecule has 0 amide bonds. The monoisotopic (exact) mass is 306 g/mol.